The lowest BCUT2D eigenvalue weighted by Gasteiger charge is -2.16. The van der Waals surface area contributed by atoms with E-state index in [0.717, 1.165) is 11.0 Å². The standard InChI is InChI=1S/C20H21ClN4O3/c1-13(22-19(27)12-28-2)20-24-16-9-5-6-10-17(16)25(20)11-18(26)23-15-8-4-3-7-14(15)21/h3-10,13H,11-12H2,1-2H3,(H,22,27)(H,23,26). The molecule has 28 heavy (non-hydrogen) atoms. The Balaban J connectivity index is 1.87. The molecule has 0 bridgehead atoms. The van der Waals surface area contributed by atoms with Crippen LogP contribution in [0, 0.1) is 0 Å². The number of hydrogen-bond donors (Lipinski definition) is 2. The predicted molar refractivity (Wildman–Crippen MR) is 108 cm³/mol. The number of hydrogen-bond acceptors (Lipinski definition) is 4. The quantitative estimate of drug-likeness (QED) is 0.638. The maximum Gasteiger partial charge on any atom is 0.246 e. The number of benzene rings is 2. The minimum atomic E-state index is -0.400. The lowest BCUT2D eigenvalue weighted by atomic mass is 10.3. The van der Waals surface area contributed by atoms with Crippen molar-refractivity contribution in [2.45, 2.75) is 19.5 Å². The smallest absolute Gasteiger partial charge is 0.246 e. The van der Waals surface area contributed by atoms with Crippen LogP contribution in [-0.2, 0) is 20.9 Å². The van der Waals surface area contributed by atoms with Gasteiger partial charge in [-0.25, -0.2) is 4.98 Å². The van der Waals surface area contributed by atoms with Crippen LogP contribution in [0.25, 0.3) is 11.0 Å². The molecule has 1 aromatic heterocycles. The first-order valence-electron chi connectivity index (χ1n) is 8.77. The molecular weight excluding hydrogens is 380 g/mol. The summed E-state index contributed by atoms with van der Waals surface area (Å²) in [6.07, 6.45) is 0. The van der Waals surface area contributed by atoms with Crippen molar-refractivity contribution >= 4 is 40.1 Å². The number of anilines is 1. The van der Waals surface area contributed by atoms with E-state index in [2.05, 4.69) is 15.6 Å². The van der Waals surface area contributed by atoms with Gasteiger partial charge in [0.2, 0.25) is 11.8 Å². The van der Waals surface area contributed by atoms with Crippen LogP contribution in [-0.4, -0.2) is 35.1 Å². The van der Waals surface area contributed by atoms with Crippen LogP contribution in [0.5, 0.6) is 0 Å². The number of imidazole rings is 1. The molecule has 2 amide bonds. The van der Waals surface area contributed by atoms with Gasteiger partial charge < -0.3 is 19.9 Å². The van der Waals surface area contributed by atoms with Crippen LogP contribution in [0.4, 0.5) is 5.69 Å². The molecule has 146 valence electrons. The molecule has 0 aliphatic carbocycles. The van der Waals surface area contributed by atoms with E-state index in [4.69, 9.17) is 16.3 Å². The monoisotopic (exact) mass is 400 g/mol. The molecule has 0 aliphatic rings. The number of ether oxygens (including phenoxy) is 1. The van der Waals surface area contributed by atoms with Crippen molar-refractivity contribution in [1.29, 1.82) is 0 Å². The van der Waals surface area contributed by atoms with Gasteiger partial charge in [-0.2, -0.15) is 0 Å². The number of nitrogens with zero attached hydrogens (tertiary/aromatic N) is 2. The summed E-state index contributed by atoms with van der Waals surface area (Å²) in [5, 5.41) is 6.11. The van der Waals surface area contributed by atoms with Crippen molar-refractivity contribution in [1.82, 2.24) is 14.9 Å². The van der Waals surface area contributed by atoms with Gasteiger partial charge >= 0.3 is 0 Å². The van der Waals surface area contributed by atoms with Gasteiger partial charge in [-0.15, -0.1) is 0 Å². The number of rotatable bonds is 7. The largest absolute Gasteiger partial charge is 0.375 e. The van der Waals surface area contributed by atoms with Crippen molar-refractivity contribution in [3.63, 3.8) is 0 Å². The number of carbonyl (C=O) groups is 2. The van der Waals surface area contributed by atoms with Crippen molar-refractivity contribution in [2.75, 3.05) is 19.0 Å². The molecule has 1 unspecified atom stereocenters. The third-order valence-electron chi connectivity index (χ3n) is 4.17. The highest BCUT2D eigenvalue weighted by Crippen LogP contribution is 2.23. The SMILES string of the molecule is COCC(=O)NC(C)c1nc2ccccc2n1CC(=O)Nc1ccccc1Cl. The lowest BCUT2D eigenvalue weighted by Crippen LogP contribution is -2.32. The van der Waals surface area contributed by atoms with Gasteiger partial charge in [0.05, 0.1) is 27.8 Å². The molecule has 0 radical (unpaired) electrons. The van der Waals surface area contributed by atoms with Gasteiger partial charge in [-0.05, 0) is 31.2 Å². The van der Waals surface area contributed by atoms with E-state index < -0.39 is 6.04 Å². The molecule has 3 rings (SSSR count). The molecule has 0 saturated heterocycles. The fraction of sp³-hybridized carbons (Fsp3) is 0.250. The van der Waals surface area contributed by atoms with E-state index in [-0.39, 0.29) is 25.0 Å². The lowest BCUT2D eigenvalue weighted by molar-refractivity contribution is -0.125. The van der Waals surface area contributed by atoms with Crippen LogP contribution in [0.2, 0.25) is 5.02 Å². The molecule has 0 saturated carbocycles. The van der Waals surface area contributed by atoms with Gasteiger partial charge in [-0.1, -0.05) is 35.9 Å². The van der Waals surface area contributed by atoms with Gasteiger partial charge in [0, 0.05) is 7.11 Å². The highest BCUT2D eigenvalue weighted by atomic mass is 35.5. The maximum atomic E-state index is 12.6. The van der Waals surface area contributed by atoms with Crippen molar-refractivity contribution < 1.29 is 14.3 Å². The maximum absolute atomic E-state index is 12.6. The molecule has 1 heterocycles. The summed E-state index contributed by atoms with van der Waals surface area (Å²) in [7, 11) is 1.46. The Kier molecular flexibility index (Phi) is 6.28. The third kappa shape index (κ3) is 4.49. The number of carbonyl (C=O) groups excluding carboxylic acids is 2. The van der Waals surface area contributed by atoms with Crippen LogP contribution in [0.1, 0.15) is 18.8 Å². The molecule has 2 N–H and O–H groups in total. The number of methoxy groups -OCH3 is 1. The normalized spacial score (nSPS) is 12.0. The zero-order valence-corrected chi connectivity index (χ0v) is 16.4. The first kappa shape index (κ1) is 19.9. The zero-order valence-electron chi connectivity index (χ0n) is 15.6. The summed E-state index contributed by atoms with van der Waals surface area (Å²) < 4.78 is 6.65. The summed E-state index contributed by atoms with van der Waals surface area (Å²) in [6, 6.07) is 14.2. The Morgan fingerprint density at radius 3 is 2.61 bits per heavy atom. The van der Waals surface area contributed by atoms with Gasteiger partial charge in [0.25, 0.3) is 0 Å². The highest BCUT2D eigenvalue weighted by molar-refractivity contribution is 6.33. The number of halogens is 1. The Morgan fingerprint density at radius 2 is 1.86 bits per heavy atom. The molecule has 2 aromatic carbocycles. The number of para-hydroxylation sites is 3. The van der Waals surface area contributed by atoms with Crippen LogP contribution in [0.15, 0.2) is 48.5 Å². The second-order valence-electron chi connectivity index (χ2n) is 6.30. The molecule has 0 fully saturated rings. The van der Waals surface area contributed by atoms with E-state index in [0.29, 0.717) is 16.5 Å². The van der Waals surface area contributed by atoms with E-state index >= 15 is 0 Å². The van der Waals surface area contributed by atoms with E-state index in [1.165, 1.54) is 7.11 Å². The summed E-state index contributed by atoms with van der Waals surface area (Å²) in [5.41, 5.74) is 2.09. The summed E-state index contributed by atoms with van der Waals surface area (Å²) in [6.45, 7) is 1.81. The molecular formula is C20H21ClN4O3. The van der Waals surface area contributed by atoms with E-state index in [9.17, 15) is 9.59 Å². The Morgan fingerprint density at radius 1 is 1.14 bits per heavy atom. The Labute approximate surface area is 167 Å². The first-order chi connectivity index (χ1) is 13.5. The first-order valence-corrected chi connectivity index (χ1v) is 9.15. The fourth-order valence-electron chi connectivity index (χ4n) is 2.97. The second-order valence-corrected chi connectivity index (χ2v) is 6.70. The van der Waals surface area contributed by atoms with Gasteiger partial charge in [0.15, 0.2) is 0 Å². The van der Waals surface area contributed by atoms with E-state index in [1.54, 1.807) is 28.8 Å². The molecule has 7 nitrogen and oxygen atoms in total. The summed E-state index contributed by atoms with van der Waals surface area (Å²) >= 11 is 6.12. The number of aromatic nitrogens is 2. The van der Waals surface area contributed by atoms with Crippen molar-refractivity contribution in [2.24, 2.45) is 0 Å². The summed E-state index contributed by atoms with van der Waals surface area (Å²) in [5.74, 6) is 0.0852. The zero-order chi connectivity index (χ0) is 20.1. The Bertz CT molecular complexity index is 1000. The predicted octanol–water partition coefficient (Wildman–Crippen LogP) is 3.15. The van der Waals surface area contributed by atoms with Crippen LogP contribution >= 0.6 is 11.6 Å². The van der Waals surface area contributed by atoms with Gasteiger partial charge in [-0.3, -0.25) is 9.59 Å². The highest BCUT2D eigenvalue weighted by Gasteiger charge is 2.20. The molecule has 3 aromatic rings. The number of fused-ring (bicyclic) bond motifs is 1. The number of amides is 2. The second kappa shape index (κ2) is 8.86. The average Bonchev–Trinajstić information content (AvgIpc) is 3.02. The molecule has 8 heteroatoms. The Hall–Kier alpha value is -2.90. The van der Waals surface area contributed by atoms with Crippen molar-refractivity contribution in [3.05, 3.63) is 59.4 Å². The summed E-state index contributed by atoms with van der Waals surface area (Å²) in [4.78, 5) is 29.1. The third-order valence-corrected chi connectivity index (χ3v) is 4.50. The topological polar surface area (TPSA) is 85.2 Å². The van der Waals surface area contributed by atoms with Gasteiger partial charge in [0.1, 0.15) is 19.0 Å². The average molecular weight is 401 g/mol. The minimum Gasteiger partial charge on any atom is -0.375 e. The minimum absolute atomic E-state index is 0.0333. The van der Waals surface area contributed by atoms with Crippen LogP contribution in [0.3, 0.4) is 0 Å². The van der Waals surface area contributed by atoms with E-state index in [1.807, 2.05) is 31.2 Å². The number of nitrogens with one attached hydrogen (secondary N) is 2. The fourth-order valence-corrected chi connectivity index (χ4v) is 3.15. The van der Waals surface area contributed by atoms with Crippen molar-refractivity contribution in [3.8, 4) is 0 Å². The molecule has 0 spiro atoms. The van der Waals surface area contributed by atoms with Crippen LogP contribution < -0.4 is 10.6 Å². The molecule has 1 atom stereocenters. The molecule has 0 aliphatic heterocycles.